The topological polar surface area (TPSA) is 51.1 Å². The van der Waals surface area contributed by atoms with E-state index in [0.29, 0.717) is 12.3 Å². The fourth-order valence-electron chi connectivity index (χ4n) is 3.10. The molecule has 156 valence electrons. The number of amidine groups is 1. The van der Waals surface area contributed by atoms with Crippen LogP contribution in [0.3, 0.4) is 0 Å². The normalized spacial score (nSPS) is 14.6. The monoisotopic (exact) mass is 478 g/mol. The van der Waals surface area contributed by atoms with Gasteiger partial charge in [0.25, 0.3) is 0 Å². The van der Waals surface area contributed by atoms with Crippen molar-refractivity contribution in [3.8, 4) is 11.5 Å². The molecule has 1 heterocycles. The van der Waals surface area contributed by atoms with Crippen molar-refractivity contribution in [3.05, 3.63) is 90.1 Å². The molecule has 0 N–H and O–H groups in total. The van der Waals surface area contributed by atoms with E-state index in [0.717, 1.165) is 31.9 Å². The summed E-state index contributed by atoms with van der Waals surface area (Å²) in [6.07, 6.45) is 1.82. The van der Waals surface area contributed by atoms with Gasteiger partial charge in [0.05, 0.1) is 0 Å². The molecule has 0 unspecified atom stereocenters. The van der Waals surface area contributed by atoms with Gasteiger partial charge in [0, 0.05) is 0 Å². The van der Waals surface area contributed by atoms with Gasteiger partial charge in [-0.3, -0.25) is 0 Å². The quantitative estimate of drug-likeness (QED) is 0.384. The Hall–Kier alpha value is -3.34. The first-order valence-electron chi connectivity index (χ1n) is 9.92. The molecule has 0 saturated heterocycles. The van der Waals surface area contributed by atoms with E-state index in [4.69, 9.17) is 14.5 Å². The van der Waals surface area contributed by atoms with E-state index in [2.05, 4.69) is 12.1 Å². The van der Waals surface area contributed by atoms with E-state index in [1.165, 1.54) is 0 Å². The molecule has 1 amide bonds. The Bertz CT molecular complexity index is 1110. The molecule has 3 aromatic rings. The standard InChI is InChI=1S/C25H22N2O3Se/c1-3-30-21-13-9-18(10-14-21)17-23-24(28)27(19-11-15-20(29-2)16-12-19)25(26-23)31-22-7-5-4-6-8-22/h4-17H,3H2,1-2H3/b23-17-. The van der Waals surface area contributed by atoms with Gasteiger partial charge in [-0.1, -0.05) is 0 Å². The number of rotatable bonds is 7. The fourth-order valence-corrected chi connectivity index (χ4v) is 5.05. The average molecular weight is 477 g/mol. The third-order valence-corrected chi connectivity index (χ3v) is 6.63. The van der Waals surface area contributed by atoms with Crippen molar-refractivity contribution in [2.24, 2.45) is 4.99 Å². The fraction of sp³-hybridized carbons (Fsp3) is 0.120. The van der Waals surface area contributed by atoms with Crippen molar-refractivity contribution in [1.29, 1.82) is 0 Å². The first kappa shape index (κ1) is 20.9. The summed E-state index contributed by atoms with van der Waals surface area (Å²) in [5.74, 6) is 1.42. The number of carbonyl (C=O) groups is 1. The van der Waals surface area contributed by atoms with Crippen LogP contribution >= 0.6 is 0 Å². The number of ether oxygens (including phenoxy) is 2. The minimum absolute atomic E-state index is 0.120. The predicted molar refractivity (Wildman–Crippen MR) is 125 cm³/mol. The molecule has 31 heavy (non-hydrogen) atoms. The molecular formula is C25H22N2O3Se. The Labute approximate surface area is 188 Å². The number of hydrogen-bond acceptors (Lipinski definition) is 4. The van der Waals surface area contributed by atoms with Crippen LogP contribution in [0.15, 0.2) is 89.6 Å². The van der Waals surface area contributed by atoms with Gasteiger partial charge in [0.15, 0.2) is 0 Å². The van der Waals surface area contributed by atoms with Gasteiger partial charge in [0.1, 0.15) is 0 Å². The number of nitrogens with zero attached hydrogens (tertiary/aromatic N) is 2. The molecule has 0 spiro atoms. The molecular weight excluding hydrogens is 455 g/mol. The zero-order chi connectivity index (χ0) is 21.6. The number of aliphatic imine (C=N–C) groups is 1. The van der Waals surface area contributed by atoms with Crippen LogP contribution in [0, 0.1) is 0 Å². The molecule has 6 heteroatoms. The van der Waals surface area contributed by atoms with Crippen LogP contribution in [0.5, 0.6) is 11.5 Å². The summed E-state index contributed by atoms with van der Waals surface area (Å²) in [7, 11) is 1.62. The number of benzene rings is 3. The third-order valence-electron chi connectivity index (χ3n) is 4.61. The van der Waals surface area contributed by atoms with Crippen molar-refractivity contribution in [1.82, 2.24) is 0 Å². The van der Waals surface area contributed by atoms with Gasteiger partial charge in [-0.25, -0.2) is 0 Å². The summed E-state index contributed by atoms with van der Waals surface area (Å²) < 4.78 is 12.7. The van der Waals surface area contributed by atoms with E-state index in [1.807, 2.05) is 79.7 Å². The minimum atomic E-state index is -0.133. The third kappa shape index (κ3) is 4.88. The predicted octanol–water partition coefficient (Wildman–Crippen LogP) is 3.87. The summed E-state index contributed by atoms with van der Waals surface area (Å²) in [6.45, 7) is 2.57. The average Bonchev–Trinajstić information content (AvgIpc) is 3.10. The number of methoxy groups -OCH3 is 1. The maximum atomic E-state index is 13.3. The molecule has 0 fully saturated rings. The van der Waals surface area contributed by atoms with Gasteiger partial charge in [-0.2, -0.15) is 0 Å². The molecule has 0 bridgehead atoms. The number of hydrogen-bond donors (Lipinski definition) is 0. The Balaban J connectivity index is 1.68. The zero-order valence-electron chi connectivity index (χ0n) is 17.3. The van der Waals surface area contributed by atoms with Gasteiger partial charge in [0.2, 0.25) is 0 Å². The van der Waals surface area contributed by atoms with Crippen molar-refractivity contribution >= 4 is 41.8 Å². The van der Waals surface area contributed by atoms with Crippen LogP contribution in [0.2, 0.25) is 0 Å². The zero-order valence-corrected chi connectivity index (χ0v) is 19.0. The molecule has 1 aliphatic rings. The molecule has 3 aromatic carbocycles. The van der Waals surface area contributed by atoms with Gasteiger partial charge in [-0.05, 0) is 0 Å². The Kier molecular flexibility index (Phi) is 6.51. The van der Waals surface area contributed by atoms with Crippen molar-refractivity contribution in [2.75, 3.05) is 18.6 Å². The van der Waals surface area contributed by atoms with Crippen LogP contribution in [-0.4, -0.2) is 39.3 Å². The molecule has 0 atom stereocenters. The molecule has 0 radical (unpaired) electrons. The Morgan fingerprint density at radius 2 is 1.61 bits per heavy atom. The van der Waals surface area contributed by atoms with Crippen LogP contribution in [0.25, 0.3) is 6.08 Å². The van der Waals surface area contributed by atoms with Crippen LogP contribution in [0.4, 0.5) is 5.69 Å². The van der Waals surface area contributed by atoms with Crippen molar-refractivity contribution in [2.45, 2.75) is 6.92 Å². The van der Waals surface area contributed by atoms with Gasteiger partial charge < -0.3 is 0 Å². The van der Waals surface area contributed by atoms with E-state index in [-0.39, 0.29) is 20.9 Å². The van der Waals surface area contributed by atoms with Crippen LogP contribution < -0.4 is 18.8 Å². The number of anilines is 1. The summed E-state index contributed by atoms with van der Waals surface area (Å²) in [5, 5.41) is 0. The summed E-state index contributed by atoms with van der Waals surface area (Å²) >= 11 is -0.120. The van der Waals surface area contributed by atoms with Gasteiger partial charge >= 0.3 is 188 Å². The Morgan fingerprint density at radius 1 is 0.935 bits per heavy atom. The number of carbonyl (C=O) groups excluding carboxylic acids is 1. The molecule has 5 nitrogen and oxygen atoms in total. The van der Waals surface area contributed by atoms with Crippen LogP contribution in [-0.2, 0) is 4.79 Å². The first-order valence-corrected chi connectivity index (χ1v) is 11.6. The summed E-state index contributed by atoms with van der Waals surface area (Å²) in [6, 6.07) is 25.2. The summed E-state index contributed by atoms with van der Waals surface area (Å²) in [4.78, 5) is 19.8. The van der Waals surface area contributed by atoms with E-state index in [9.17, 15) is 4.79 Å². The molecule has 0 saturated carbocycles. The van der Waals surface area contributed by atoms with E-state index < -0.39 is 0 Å². The molecule has 0 aliphatic carbocycles. The molecule has 1 aliphatic heterocycles. The second-order valence-corrected chi connectivity index (χ2v) is 8.86. The first-order chi connectivity index (χ1) is 15.2. The van der Waals surface area contributed by atoms with E-state index >= 15 is 0 Å². The van der Waals surface area contributed by atoms with E-state index in [1.54, 1.807) is 12.0 Å². The molecule has 0 aromatic heterocycles. The van der Waals surface area contributed by atoms with Crippen molar-refractivity contribution in [3.63, 3.8) is 0 Å². The maximum absolute atomic E-state index is 13.3. The van der Waals surface area contributed by atoms with Gasteiger partial charge in [-0.15, -0.1) is 0 Å². The van der Waals surface area contributed by atoms with Crippen molar-refractivity contribution < 1.29 is 14.3 Å². The Morgan fingerprint density at radius 3 is 2.26 bits per heavy atom. The SMILES string of the molecule is CCOc1ccc(/C=C2\N=C([Se]c3ccccc3)N(c3ccc(OC)cc3)C2=O)cc1. The summed E-state index contributed by atoms with van der Waals surface area (Å²) in [5.41, 5.74) is 2.10. The van der Waals surface area contributed by atoms with Crippen LogP contribution in [0.1, 0.15) is 12.5 Å². The number of amides is 1. The second-order valence-electron chi connectivity index (χ2n) is 6.68. The second kappa shape index (κ2) is 9.65. The molecule has 4 rings (SSSR count).